The Kier molecular flexibility index (Phi) is 17.3. The van der Waals surface area contributed by atoms with Crippen molar-refractivity contribution in [2.24, 2.45) is 0 Å². The predicted octanol–water partition coefficient (Wildman–Crippen LogP) is 22.7. The Morgan fingerprint density at radius 2 is 0.567 bits per heavy atom. The number of anilines is 6. The van der Waals surface area contributed by atoms with Crippen LogP contribution in [-0.2, 0) is 20.1 Å². The summed E-state index contributed by atoms with van der Waals surface area (Å²) in [5.41, 5.74) is 22.1. The van der Waals surface area contributed by atoms with Crippen molar-refractivity contribution in [2.75, 3.05) is 9.80 Å². The van der Waals surface area contributed by atoms with E-state index in [1.807, 2.05) is 30.3 Å². The quantitative estimate of drug-likeness (QED) is 0.121. The Morgan fingerprint density at radius 1 is 0.278 bits per heavy atom. The third kappa shape index (κ3) is 12.1. The van der Waals surface area contributed by atoms with Crippen LogP contribution in [0.25, 0.3) is 88.5 Å². The molecule has 0 aliphatic heterocycles. The first-order chi connectivity index (χ1) is 44.1. The number of aryl methyl sites for hydroxylation is 1. The zero-order chi connectivity index (χ0) is 59.7. The van der Waals surface area contributed by atoms with E-state index < -0.39 is 0 Å². The van der Waals surface area contributed by atoms with Crippen molar-refractivity contribution in [1.82, 2.24) is 14.1 Å². The van der Waals surface area contributed by atoms with Gasteiger partial charge < -0.3 is 23.9 Å². The molecule has 433 valence electrons. The monoisotopic (exact) mass is 1330 g/mol. The van der Waals surface area contributed by atoms with Crippen molar-refractivity contribution >= 4 is 77.7 Å². The smallest absolute Gasteiger partial charge is 0.0541 e. The maximum absolute atomic E-state index is 4.25. The molecule has 5 nitrogen and oxygen atoms in total. The average molecular weight is 1330 g/mol. The van der Waals surface area contributed by atoms with Crippen molar-refractivity contribution in [3.63, 3.8) is 0 Å². The number of pyridine rings is 1. The van der Waals surface area contributed by atoms with Gasteiger partial charge in [-0.25, -0.2) is 0 Å². The SMILES string of the molecule is Cc1c[c-]c(-c2ccccn2)cc1.[Ir].c1ccc(N(c2ccccc2)c2ccc(-c3ccc(N(c4ccccc4)c4ccccc4)cc3)cc2)cc1.c1ccc2c(c1)c1ccccc1n2-c1ccc(-c2ccc(-n3c4ccccc4c4ccccc43)cc2)cc1. The number of fused-ring (bicyclic) bond motifs is 6. The minimum absolute atomic E-state index is 0. The Morgan fingerprint density at radius 3 is 0.867 bits per heavy atom. The zero-order valence-electron chi connectivity index (χ0n) is 49.6. The van der Waals surface area contributed by atoms with Crippen molar-refractivity contribution < 1.29 is 20.1 Å². The normalized spacial score (nSPS) is 10.9. The minimum Gasteiger partial charge on any atom is -0.311 e. The molecule has 0 amide bonds. The van der Waals surface area contributed by atoms with E-state index in [4.69, 9.17) is 0 Å². The summed E-state index contributed by atoms with van der Waals surface area (Å²) in [6.45, 7) is 2.05. The molecule has 0 bridgehead atoms. The van der Waals surface area contributed by atoms with Gasteiger partial charge in [-0.2, -0.15) is 0 Å². The number of nitrogens with zero attached hydrogens (tertiary/aromatic N) is 5. The van der Waals surface area contributed by atoms with E-state index in [9.17, 15) is 0 Å². The van der Waals surface area contributed by atoms with Crippen LogP contribution in [0.1, 0.15) is 5.56 Å². The van der Waals surface area contributed by atoms with Crippen molar-refractivity contribution in [3.05, 3.63) is 370 Å². The van der Waals surface area contributed by atoms with E-state index in [0.717, 1.165) is 45.4 Å². The number of para-hydroxylation sites is 8. The van der Waals surface area contributed by atoms with Gasteiger partial charge in [-0.1, -0.05) is 213 Å². The third-order valence-electron chi connectivity index (χ3n) is 16.3. The zero-order valence-corrected chi connectivity index (χ0v) is 52.0. The molecule has 0 saturated carbocycles. The first-order valence-electron chi connectivity index (χ1n) is 30.2. The van der Waals surface area contributed by atoms with Crippen LogP contribution in [0.2, 0.25) is 0 Å². The summed E-state index contributed by atoms with van der Waals surface area (Å²) in [6, 6.07) is 127. The van der Waals surface area contributed by atoms with Crippen LogP contribution in [0.3, 0.4) is 0 Å². The molecule has 0 unspecified atom stereocenters. The molecule has 1 radical (unpaired) electrons. The fourth-order valence-electron chi connectivity index (χ4n) is 12.0. The number of benzene rings is 13. The molecule has 13 aromatic carbocycles. The van der Waals surface area contributed by atoms with Gasteiger partial charge in [0.25, 0.3) is 0 Å². The van der Waals surface area contributed by atoms with E-state index >= 15 is 0 Å². The second kappa shape index (κ2) is 26.9. The summed E-state index contributed by atoms with van der Waals surface area (Å²) in [4.78, 5) is 8.81. The molecule has 0 atom stereocenters. The van der Waals surface area contributed by atoms with Gasteiger partial charge in [0.15, 0.2) is 0 Å². The van der Waals surface area contributed by atoms with Crippen molar-refractivity contribution in [3.8, 4) is 44.9 Å². The Hall–Kier alpha value is -11.1. The van der Waals surface area contributed by atoms with Gasteiger partial charge in [0.1, 0.15) is 0 Å². The molecule has 0 fully saturated rings. The number of hydrogen-bond donors (Lipinski definition) is 0. The second-order valence-corrected chi connectivity index (χ2v) is 21.9. The van der Waals surface area contributed by atoms with E-state index in [0.29, 0.717) is 0 Å². The van der Waals surface area contributed by atoms with Gasteiger partial charge in [-0.3, -0.25) is 0 Å². The molecular formula is C84H62IrN5-. The van der Waals surface area contributed by atoms with Crippen molar-refractivity contribution in [2.45, 2.75) is 6.92 Å². The largest absolute Gasteiger partial charge is 0.311 e. The van der Waals surface area contributed by atoms with Gasteiger partial charge in [0.2, 0.25) is 0 Å². The van der Waals surface area contributed by atoms with Crippen LogP contribution >= 0.6 is 0 Å². The summed E-state index contributed by atoms with van der Waals surface area (Å²) >= 11 is 0. The Bertz CT molecular complexity index is 4490. The summed E-state index contributed by atoms with van der Waals surface area (Å²) in [5.74, 6) is 0. The Labute approximate surface area is 539 Å². The maximum Gasteiger partial charge on any atom is 0.0541 e. The van der Waals surface area contributed by atoms with Crippen LogP contribution in [0.4, 0.5) is 34.1 Å². The summed E-state index contributed by atoms with van der Waals surface area (Å²) in [5, 5.41) is 5.14. The third-order valence-corrected chi connectivity index (χ3v) is 16.3. The number of rotatable bonds is 11. The minimum atomic E-state index is 0. The molecule has 16 aromatic rings. The first kappa shape index (κ1) is 57.9. The van der Waals surface area contributed by atoms with Crippen LogP contribution < -0.4 is 9.80 Å². The molecule has 6 heteroatoms. The maximum atomic E-state index is 4.25. The van der Waals surface area contributed by atoms with Crippen LogP contribution in [0.15, 0.2) is 358 Å². The van der Waals surface area contributed by atoms with E-state index in [-0.39, 0.29) is 20.1 Å². The molecule has 0 N–H and O–H groups in total. The molecule has 0 aliphatic carbocycles. The van der Waals surface area contributed by atoms with Gasteiger partial charge in [0, 0.05) is 93.3 Å². The molecule has 90 heavy (non-hydrogen) atoms. The van der Waals surface area contributed by atoms with Gasteiger partial charge in [-0.05, 0) is 155 Å². The van der Waals surface area contributed by atoms with Gasteiger partial charge in [0.05, 0.1) is 22.1 Å². The molecule has 0 aliphatic rings. The topological polar surface area (TPSA) is 29.2 Å². The van der Waals surface area contributed by atoms with Gasteiger partial charge >= 0.3 is 0 Å². The molecule has 3 aromatic heterocycles. The van der Waals surface area contributed by atoms with Crippen LogP contribution in [0, 0.1) is 13.0 Å². The second-order valence-electron chi connectivity index (χ2n) is 21.9. The predicted molar refractivity (Wildman–Crippen MR) is 375 cm³/mol. The molecule has 0 saturated heterocycles. The van der Waals surface area contributed by atoms with Crippen LogP contribution in [-0.4, -0.2) is 14.1 Å². The van der Waals surface area contributed by atoms with E-state index in [1.54, 1.807) is 6.20 Å². The first-order valence-corrected chi connectivity index (χ1v) is 30.2. The number of aromatic nitrogens is 3. The average Bonchev–Trinajstić information content (AvgIpc) is 1.67. The molecule has 3 heterocycles. The molecule has 16 rings (SSSR count). The van der Waals surface area contributed by atoms with Crippen LogP contribution in [0.5, 0.6) is 0 Å². The van der Waals surface area contributed by atoms with E-state index in [2.05, 4.69) is 358 Å². The standard InChI is InChI=1S/C36H24N2.C36H28N2.C12H10N.Ir/c1-5-13-33-29(9-1)30-10-2-6-14-34(30)37(33)27-21-17-25(18-22-27)26-19-23-28(24-20-26)38-35-15-7-3-11-31(35)32-12-4-8-16-36(32)38;1-5-13-31(14-6-1)37(32-15-7-2-8-16-32)35-25-21-29(22-26-35)30-23-27-36(28-24-30)38(33-17-9-3-10-18-33)34-19-11-4-12-20-34;1-10-5-7-11(8-6-10)12-4-2-3-9-13-12;/h1-24H;1-28H;2-7,9H,1H3;/q;;-1;. The molecule has 0 spiro atoms. The van der Waals surface area contributed by atoms with Gasteiger partial charge in [-0.15, -0.1) is 35.4 Å². The Balaban J connectivity index is 0.000000137. The van der Waals surface area contributed by atoms with Crippen molar-refractivity contribution in [1.29, 1.82) is 0 Å². The fourth-order valence-corrected chi connectivity index (χ4v) is 12.0. The van der Waals surface area contributed by atoms with E-state index in [1.165, 1.54) is 82.8 Å². The molecular weight excluding hydrogens is 1270 g/mol. The summed E-state index contributed by atoms with van der Waals surface area (Å²) in [6.07, 6.45) is 1.79. The fraction of sp³-hybridized carbons (Fsp3) is 0.0119. The summed E-state index contributed by atoms with van der Waals surface area (Å²) < 4.78 is 4.72. The summed E-state index contributed by atoms with van der Waals surface area (Å²) in [7, 11) is 0. The number of hydrogen-bond acceptors (Lipinski definition) is 3.